The van der Waals surface area contributed by atoms with Gasteiger partial charge in [-0.25, -0.2) is 4.79 Å². The van der Waals surface area contributed by atoms with Crippen molar-refractivity contribution in [1.29, 1.82) is 0 Å². The van der Waals surface area contributed by atoms with Gasteiger partial charge in [-0.05, 0) is 13.8 Å². The SMILES string of the molecule is CCOC(OC(=O)C(C)(N)C12NC1N2)C(C)C. The zero-order valence-electron chi connectivity index (χ0n) is 10.7. The van der Waals surface area contributed by atoms with E-state index >= 15 is 0 Å². The van der Waals surface area contributed by atoms with Gasteiger partial charge < -0.3 is 15.2 Å². The van der Waals surface area contributed by atoms with Gasteiger partial charge in [0.2, 0.25) is 6.29 Å². The maximum atomic E-state index is 12.1. The summed E-state index contributed by atoms with van der Waals surface area (Å²) < 4.78 is 10.7. The summed E-state index contributed by atoms with van der Waals surface area (Å²) in [5.41, 5.74) is 4.52. The molecule has 2 atom stereocenters. The number of nitrogens with one attached hydrogen (secondary N) is 2. The fourth-order valence-electron chi connectivity index (χ4n) is 1.89. The van der Waals surface area contributed by atoms with E-state index in [9.17, 15) is 4.79 Å². The lowest BCUT2D eigenvalue weighted by Gasteiger charge is -2.29. The van der Waals surface area contributed by atoms with Crippen molar-refractivity contribution < 1.29 is 14.3 Å². The number of carbonyl (C=O) groups excluding carboxylic acids is 1. The Morgan fingerprint density at radius 3 is 2.41 bits per heavy atom. The molecule has 0 saturated carbocycles. The molecular formula is C11H21N3O3. The molecule has 2 heterocycles. The summed E-state index contributed by atoms with van der Waals surface area (Å²) in [6.45, 7) is 7.92. The van der Waals surface area contributed by atoms with Crippen molar-refractivity contribution in [2.24, 2.45) is 11.7 Å². The predicted molar refractivity (Wildman–Crippen MR) is 61.7 cm³/mol. The fraction of sp³-hybridized carbons (Fsp3) is 0.909. The van der Waals surface area contributed by atoms with E-state index < -0.39 is 23.5 Å². The standard InChI is InChI=1S/C11H21N3O3/c1-5-16-7(6(2)3)17-9(15)10(4,12)11-8(13-11)14-11/h6-8,13-14H,5,12H2,1-4H3. The lowest BCUT2D eigenvalue weighted by molar-refractivity contribution is -0.193. The Labute approximate surface area is 101 Å². The van der Waals surface area contributed by atoms with Gasteiger partial charge in [0, 0.05) is 12.5 Å². The fourth-order valence-corrected chi connectivity index (χ4v) is 1.89. The Morgan fingerprint density at radius 2 is 2.06 bits per heavy atom. The van der Waals surface area contributed by atoms with Crippen molar-refractivity contribution in [2.75, 3.05) is 6.61 Å². The molecule has 6 nitrogen and oxygen atoms in total. The number of hydrogen-bond donors (Lipinski definition) is 3. The van der Waals surface area contributed by atoms with E-state index in [-0.39, 0.29) is 12.1 Å². The highest BCUT2D eigenvalue weighted by atomic mass is 16.7. The largest absolute Gasteiger partial charge is 0.434 e. The number of fused-ring (bicyclic) bond motifs is 1. The molecule has 98 valence electrons. The lowest BCUT2D eigenvalue weighted by atomic mass is 9.98. The monoisotopic (exact) mass is 243 g/mol. The third-order valence-electron chi connectivity index (χ3n) is 3.35. The van der Waals surface area contributed by atoms with Gasteiger partial charge in [0.15, 0.2) is 0 Å². The highest BCUT2D eigenvalue weighted by Crippen LogP contribution is 2.45. The van der Waals surface area contributed by atoms with Crippen molar-refractivity contribution in [3.05, 3.63) is 0 Å². The highest BCUT2D eigenvalue weighted by molar-refractivity contribution is 5.85. The normalized spacial score (nSPS) is 34.8. The van der Waals surface area contributed by atoms with E-state index in [1.165, 1.54) is 0 Å². The van der Waals surface area contributed by atoms with Crippen LogP contribution in [-0.2, 0) is 14.3 Å². The highest BCUT2D eigenvalue weighted by Gasteiger charge is 2.80. The molecule has 2 aliphatic heterocycles. The number of esters is 1. The van der Waals surface area contributed by atoms with Gasteiger partial charge in [0.25, 0.3) is 0 Å². The van der Waals surface area contributed by atoms with Crippen molar-refractivity contribution >= 4 is 5.97 Å². The van der Waals surface area contributed by atoms with E-state index in [1.807, 2.05) is 20.8 Å². The van der Waals surface area contributed by atoms with Crippen molar-refractivity contribution in [1.82, 2.24) is 10.6 Å². The molecule has 0 aliphatic carbocycles. The van der Waals surface area contributed by atoms with Crippen molar-refractivity contribution in [3.8, 4) is 0 Å². The average molecular weight is 243 g/mol. The summed E-state index contributed by atoms with van der Waals surface area (Å²) in [4.78, 5) is 12.1. The number of rotatable bonds is 6. The summed E-state index contributed by atoms with van der Waals surface area (Å²) in [7, 11) is 0. The second kappa shape index (κ2) is 3.91. The molecule has 17 heavy (non-hydrogen) atoms. The molecule has 0 bridgehead atoms. The second-order valence-corrected chi connectivity index (χ2v) is 5.21. The van der Waals surface area contributed by atoms with Gasteiger partial charge in [-0.2, -0.15) is 0 Å². The summed E-state index contributed by atoms with van der Waals surface area (Å²) in [5, 5.41) is 6.17. The summed E-state index contributed by atoms with van der Waals surface area (Å²) >= 11 is 0. The van der Waals surface area contributed by atoms with Crippen LogP contribution in [0.5, 0.6) is 0 Å². The minimum Gasteiger partial charge on any atom is -0.434 e. The van der Waals surface area contributed by atoms with Crippen LogP contribution < -0.4 is 16.4 Å². The van der Waals surface area contributed by atoms with Crippen LogP contribution in [0.4, 0.5) is 0 Å². The van der Waals surface area contributed by atoms with Crippen molar-refractivity contribution in [3.63, 3.8) is 0 Å². The molecule has 2 fully saturated rings. The maximum Gasteiger partial charge on any atom is 0.331 e. The molecule has 0 aromatic carbocycles. The van der Waals surface area contributed by atoms with E-state index in [0.29, 0.717) is 6.61 Å². The number of carbonyl (C=O) groups is 1. The molecule has 4 N–H and O–H groups in total. The van der Waals surface area contributed by atoms with Crippen LogP contribution in [0.3, 0.4) is 0 Å². The van der Waals surface area contributed by atoms with Crippen LogP contribution in [0.1, 0.15) is 27.7 Å². The Bertz CT molecular complexity index is 324. The molecule has 0 aromatic rings. The van der Waals surface area contributed by atoms with Gasteiger partial charge >= 0.3 is 5.97 Å². The molecule has 2 aliphatic rings. The van der Waals surface area contributed by atoms with Crippen molar-refractivity contribution in [2.45, 2.75) is 51.4 Å². The number of nitrogens with two attached hydrogens (primary N) is 1. The molecule has 0 radical (unpaired) electrons. The van der Waals surface area contributed by atoms with Crippen LogP contribution in [0, 0.1) is 5.92 Å². The second-order valence-electron chi connectivity index (χ2n) is 5.21. The lowest BCUT2D eigenvalue weighted by Crippen LogP contribution is -2.60. The van der Waals surface area contributed by atoms with Gasteiger partial charge in [0.05, 0.1) is 6.17 Å². The molecule has 0 aromatic heterocycles. The Morgan fingerprint density at radius 1 is 1.53 bits per heavy atom. The molecule has 0 amide bonds. The van der Waals surface area contributed by atoms with Crippen LogP contribution in [0.25, 0.3) is 0 Å². The maximum absolute atomic E-state index is 12.1. The quantitative estimate of drug-likeness (QED) is 0.330. The Kier molecular flexibility index (Phi) is 2.94. The molecule has 6 heteroatoms. The topological polar surface area (TPSA) is 105 Å². The molecule has 2 unspecified atom stereocenters. The predicted octanol–water partition coefficient (Wildman–Crippen LogP) is -0.506. The zero-order valence-corrected chi connectivity index (χ0v) is 10.7. The van der Waals surface area contributed by atoms with E-state index in [2.05, 4.69) is 10.6 Å². The Hall–Kier alpha value is -0.690. The summed E-state index contributed by atoms with van der Waals surface area (Å²) in [6, 6.07) is 0. The van der Waals surface area contributed by atoms with E-state index in [0.717, 1.165) is 0 Å². The van der Waals surface area contributed by atoms with Gasteiger partial charge in [-0.1, -0.05) is 13.8 Å². The van der Waals surface area contributed by atoms with Gasteiger partial charge in [-0.15, -0.1) is 0 Å². The minimum atomic E-state index is -1.07. The summed E-state index contributed by atoms with van der Waals surface area (Å²) in [6.07, 6.45) is -0.377. The Balaban J connectivity index is 1.95. The summed E-state index contributed by atoms with van der Waals surface area (Å²) in [5.74, 6) is -0.341. The van der Waals surface area contributed by atoms with Crippen LogP contribution in [-0.4, -0.2) is 36.2 Å². The average Bonchev–Trinajstić information content (AvgIpc) is 3.03. The third kappa shape index (κ3) is 1.95. The minimum absolute atomic E-state index is 0.0994. The molecule has 2 rings (SSSR count). The van der Waals surface area contributed by atoms with E-state index in [1.54, 1.807) is 6.92 Å². The van der Waals surface area contributed by atoms with Crippen LogP contribution in [0.15, 0.2) is 0 Å². The van der Waals surface area contributed by atoms with Crippen LogP contribution >= 0.6 is 0 Å². The first kappa shape index (κ1) is 12.8. The first-order chi connectivity index (χ1) is 7.85. The zero-order chi connectivity index (χ0) is 12.8. The van der Waals surface area contributed by atoms with Gasteiger partial charge in [0.1, 0.15) is 11.2 Å². The molecular weight excluding hydrogens is 222 g/mol. The molecule has 2 saturated heterocycles. The third-order valence-corrected chi connectivity index (χ3v) is 3.35. The van der Waals surface area contributed by atoms with Crippen LogP contribution in [0.2, 0.25) is 0 Å². The first-order valence-electron chi connectivity index (χ1n) is 6.02. The first-order valence-corrected chi connectivity index (χ1v) is 6.02. The smallest absolute Gasteiger partial charge is 0.331 e. The van der Waals surface area contributed by atoms with E-state index in [4.69, 9.17) is 15.2 Å². The molecule has 0 spiro atoms. The van der Waals surface area contributed by atoms with Gasteiger partial charge in [-0.3, -0.25) is 10.6 Å². The number of ether oxygens (including phenoxy) is 2. The number of hydrogen-bond acceptors (Lipinski definition) is 6.